The topological polar surface area (TPSA) is 80.1 Å². The molecule has 0 radical (unpaired) electrons. The molecule has 0 N–H and O–H groups in total. The van der Waals surface area contributed by atoms with Crippen molar-refractivity contribution in [2.75, 3.05) is 33.3 Å². The number of carbonyl (C=O) groups is 1. The normalized spacial score (nSPS) is 16.0. The van der Waals surface area contributed by atoms with E-state index in [0.717, 1.165) is 10.9 Å². The van der Waals surface area contributed by atoms with E-state index in [2.05, 4.69) is 0 Å². The van der Waals surface area contributed by atoms with Crippen LogP contribution >= 0.6 is 11.3 Å². The first kappa shape index (κ1) is 19.1. The minimum atomic E-state index is -3.50. The lowest BCUT2D eigenvalue weighted by Gasteiger charge is -2.33. The van der Waals surface area contributed by atoms with Gasteiger partial charge in [0.2, 0.25) is 0 Å². The number of piperazine rings is 1. The monoisotopic (exact) mass is 420 g/mol. The van der Waals surface area contributed by atoms with Gasteiger partial charge in [-0.3, -0.25) is 4.79 Å². The molecule has 1 aliphatic heterocycles. The van der Waals surface area contributed by atoms with Gasteiger partial charge in [-0.25, -0.2) is 8.42 Å². The molecule has 1 fully saturated rings. The highest BCUT2D eigenvalue weighted by atomic mass is 32.2. The van der Waals surface area contributed by atoms with Crippen LogP contribution in [0.25, 0.3) is 11.0 Å². The second-order valence-corrected chi connectivity index (χ2v) is 9.58. The quantitative estimate of drug-likeness (QED) is 0.634. The summed E-state index contributed by atoms with van der Waals surface area (Å²) in [7, 11) is -1.93. The number of hydrogen-bond acceptors (Lipinski definition) is 6. The number of thiophene rings is 1. The number of para-hydroxylation sites is 1. The fraction of sp³-hybridized carbons (Fsp3) is 0.316. The van der Waals surface area contributed by atoms with E-state index in [9.17, 15) is 13.2 Å². The van der Waals surface area contributed by atoms with Gasteiger partial charge in [-0.1, -0.05) is 24.3 Å². The summed E-state index contributed by atoms with van der Waals surface area (Å²) in [6, 6.07) is 10.8. The number of furan rings is 1. The molecule has 3 aromatic rings. The number of rotatable bonds is 5. The number of benzene rings is 1. The predicted octanol–water partition coefficient (Wildman–Crippen LogP) is 2.79. The Bertz CT molecular complexity index is 1080. The fourth-order valence-electron chi connectivity index (χ4n) is 3.37. The summed E-state index contributed by atoms with van der Waals surface area (Å²) in [5.74, 6) is 0.0223. The SMILES string of the molecule is COCc1c(C(=O)N2CCN(S(=O)(=O)c3cccs3)CC2)oc2ccccc12. The van der Waals surface area contributed by atoms with Gasteiger partial charge in [0.15, 0.2) is 5.76 Å². The number of nitrogens with zero attached hydrogens (tertiary/aromatic N) is 2. The van der Waals surface area contributed by atoms with Crippen LogP contribution in [-0.2, 0) is 21.4 Å². The Balaban J connectivity index is 1.53. The number of carbonyl (C=O) groups excluding carboxylic acids is 1. The van der Waals surface area contributed by atoms with Crippen molar-refractivity contribution in [2.24, 2.45) is 0 Å². The molecule has 0 unspecified atom stereocenters. The Morgan fingerprint density at radius 3 is 2.57 bits per heavy atom. The van der Waals surface area contributed by atoms with E-state index >= 15 is 0 Å². The average molecular weight is 421 g/mol. The maximum Gasteiger partial charge on any atom is 0.290 e. The van der Waals surface area contributed by atoms with Crippen molar-refractivity contribution >= 4 is 38.2 Å². The van der Waals surface area contributed by atoms with E-state index < -0.39 is 10.0 Å². The van der Waals surface area contributed by atoms with E-state index in [4.69, 9.17) is 9.15 Å². The summed E-state index contributed by atoms with van der Waals surface area (Å²) < 4.78 is 38.1. The van der Waals surface area contributed by atoms with E-state index in [1.165, 1.54) is 15.6 Å². The summed E-state index contributed by atoms with van der Waals surface area (Å²) in [4.78, 5) is 14.7. The molecule has 2 aromatic heterocycles. The predicted molar refractivity (Wildman–Crippen MR) is 106 cm³/mol. The van der Waals surface area contributed by atoms with E-state index in [1.807, 2.05) is 24.3 Å². The summed E-state index contributed by atoms with van der Waals surface area (Å²) in [5, 5.41) is 2.59. The molecular weight excluding hydrogens is 400 g/mol. The van der Waals surface area contributed by atoms with Crippen LogP contribution in [0.3, 0.4) is 0 Å². The van der Waals surface area contributed by atoms with Crippen LogP contribution in [0, 0.1) is 0 Å². The molecule has 148 valence electrons. The lowest BCUT2D eigenvalue weighted by atomic mass is 10.1. The first-order valence-electron chi connectivity index (χ1n) is 8.84. The van der Waals surface area contributed by atoms with Crippen molar-refractivity contribution < 1.29 is 22.4 Å². The molecule has 1 aromatic carbocycles. The summed E-state index contributed by atoms with van der Waals surface area (Å²) in [6.45, 7) is 1.41. The minimum absolute atomic E-state index is 0.239. The Morgan fingerprint density at radius 2 is 1.89 bits per heavy atom. The van der Waals surface area contributed by atoms with Gasteiger partial charge in [-0.15, -0.1) is 11.3 Å². The lowest BCUT2D eigenvalue weighted by molar-refractivity contribution is 0.0662. The molecule has 0 saturated carbocycles. The first-order valence-corrected chi connectivity index (χ1v) is 11.2. The maximum atomic E-state index is 13.1. The third-order valence-electron chi connectivity index (χ3n) is 4.80. The van der Waals surface area contributed by atoms with Gasteiger partial charge in [-0.2, -0.15) is 4.31 Å². The molecule has 0 bridgehead atoms. The van der Waals surface area contributed by atoms with Gasteiger partial charge in [0.05, 0.1) is 6.61 Å². The van der Waals surface area contributed by atoms with Gasteiger partial charge in [-0.05, 0) is 17.5 Å². The summed E-state index contributed by atoms with van der Waals surface area (Å²) in [6.07, 6.45) is 0. The zero-order chi connectivity index (χ0) is 19.7. The molecule has 9 heteroatoms. The van der Waals surface area contributed by atoms with Crippen LogP contribution in [0.1, 0.15) is 16.1 Å². The second-order valence-electron chi connectivity index (χ2n) is 6.47. The van der Waals surface area contributed by atoms with Crippen LogP contribution in [0.15, 0.2) is 50.4 Å². The fourth-order valence-corrected chi connectivity index (χ4v) is 5.94. The van der Waals surface area contributed by atoms with E-state index in [1.54, 1.807) is 29.5 Å². The molecule has 0 atom stereocenters. The Hall–Kier alpha value is -2.20. The Morgan fingerprint density at radius 1 is 1.14 bits per heavy atom. The summed E-state index contributed by atoms with van der Waals surface area (Å²) in [5.41, 5.74) is 1.36. The number of hydrogen-bond donors (Lipinski definition) is 0. The van der Waals surface area contributed by atoms with Crippen molar-refractivity contribution in [3.63, 3.8) is 0 Å². The van der Waals surface area contributed by atoms with Gasteiger partial charge in [0.25, 0.3) is 15.9 Å². The Labute approximate surface area is 167 Å². The van der Waals surface area contributed by atoms with Crippen molar-refractivity contribution in [1.29, 1.82) is 0 Å². The number of methoxy groups -OCH3 is 1. The smallest absolute Gasteiger partial charge is 0.290 e. The van der Waals surface area contributed by atoms with E-state index in [-0.39, 0.29) is 31.4 Å². The standard InChI is InChI=1S/C19H20N2O5S2/c1-25-13-15-14-5-2-3-6-16(14)26-18(15)19(22)20-8-10-21(11-9-20)28(23,24)17-7-4-12-27-17/h2-7,12H,8-11,13H2,1H3. The highest BCUT2D eigenvalue weighted by Crippen LogP contribution is 2.28. The van der Waals surface area contributed by atoms with Crippen LogP contribution < -0.4 is 0 Å². The van der Waals surface area contributed by atoms with Crippen LogP contribution in [0.5, 0.6) is 0 Å². The molecule has 0 spiro atoms. The van der Waals surface area contributed by atoms with Crippen molar-refractivity contribution in [3.8, 4) is 0 Å². The van der Waals surface area contributed by atoms with Gasteiger partial charge >= 0.3 is 0 Å². The highest BCUT2D eigenvalue weighted by Gasteiger charge is 2.33. The number of sulfonamides is 1. The van der Waals surface area contributed by atoms with Crippen molar-refractivity contribution in [3.05, 3.63) is 53.1 Å². The number of fused-ring (bicyclic) bond motifs is 1. The largest absolute Gasteiger partial charge is 0.451 e. The lowest BCUT2D eigenvalue weighted by Crippen LogP contribution is -2.50. The van der Waals surface area contributed by atoms with Crippen LogP contribution in [-0.4, -0.2) is 56.8 Å². The van der Waals surface area contributed by atoms with Gasteiger partial charge in [0.1, 0.15) is 9.79 Å². The van der Waals surface area contributed by atoms with Crippen molar-refractivity contribution in [2.45, 2.75) is 10.8 Å². The van der Waals surface area contributed by atoms with Crippen LogP contribution in [0.4, 0.5) is 0 Å². The highest BCUT2D eigenvalue weighted by molar-refractivity contribution is 7.91. The van der Waals surface area contributed by atoms with Gasteiger partial charge < -0.3 is 14.1 Å². The van der Waals surface area contributed by atoms with Gasteiger partial charge in [0, 0.05) is 44.2 Å². The third kappa shape index (κ3) is 3.35. The molecule has 1 saturated heterocycles. The number of ether oxygens (including phenoxy) is 1. The van der Waals surface area contributed by atoms with Crippen molar-refractivity contribution in [1.82, 2.24) is 9.21 Å². The second kappa shape index (κ2) is 7.67. The average Bonchev–Trinajstić information content (AvgIpc) is 3.37. The molecule has 7 nitrogen and oxygen atoms in total. The van der Waals surface area contributed by atoms with E-state index in [0.29, 0.717) is 22.9 Å². The molecule has 1 amide bonds. The summed E-state index contributed by atoms with van der Waals surface area (Å²) >= 11 is 1.20. The molecule has 4 rings (SSSR count). The first-order chi connectivity index (χ1) is 13.5. The Kier molecular flexibility index (Phi) is 5.24. The molecule has 28 heavy (non-hydrogen) atoms. The third-order valence-corrected chi connectivity index (χ3v) is 8.07. The molecular formula is C19H20N2O5S2. The molecule has 1 aliphatic rings. The van der Waals surface area contributed by atoms with Crippen LogP contribution in [0.2, 0.25) is 0 Å². The molecule has 0 aliphatic carbocycles. The zero-order valence-electron chi connectivity index (χ0n) is 15.3. The molecule has 3 heterocycles. The maximum absolute atomic E-state index is 13.1. The number of amides is 1. The zero-order valence-corrected chi connectivity index (χ0v) is 17.0. The minimum Gasteiger partial charge on any atom is -0.451 e.